The molecule has 0 atom stereocenters. The van der Waals surface area contributed by atoms with Crippen molar-refractivity contribution in [2.24, 2.45) is 0 Å². The highest BCUT2D eigenvalue weighted by Crippen LogP contribution is 2.26. The second kappa shape index (κ2) is 10.3. The van der Waals surface area contributed by atoms with Gasteiger partial charge in [-0.05, 0) is 76.0 Å². The summed E-state index contributed by atoms with van der Waals surface area (Å²) < 4.78 is 0. The quantitative estimate of drug-likeness (QED) is 0.519. The first-order valence-electron chi connectivity index (χ1n) is 11.2. The van der Waals surface area contributed by atoms with E-state index in [1.54, 1.807) is 0 Å². The van der Waals surface area contributed by atoms with Gasteiger partial charge >= 0.3 is 0 Å². The summed E-state index contributed by atoms with van der Waals surface area (Å²) in [7, 11) is 0. The summed E-state index contributed by atoms with van der Waals surface area (Å²) in [5, 5.41) is 2.61. The van der Waals surface area contributed by atoms with Gasteiger partial charge in [-0.3, -0.25) is 0 Å². The van der Waals surface area contributed by atoms with E-state index >= 15 is 0 Å². The molecule has 2 radical (unpaired) electrons. The van der Waals surface area contributed by atoms with Gasteiger partial charge in [0.1, 0.15) is 0 Å². The topological polar surface area (TPSA) is 0 Å². The van der Waals surface area contributed by atoms with Crippen molar-refractivity contribution in [3.05, 3.63) is 144 Å². The highest BCUT2D eigenvalue weighted by molar-refractivity contribution is 5.77. The van der Waals surface area contributed by atoms with E-state index < -0.39 is 0 Å². The zero-order valence-corrected chi connectivity index (χ0v) is 18.2. The molecule has 0 saturated carbocycles. The molecule has 0 heteroatoms. The largest absolute Gasteiger partial charge is 0.102 e. The molecule has 3 aliphatic carbocycles. The first-order valence-corrected chi connectivity index (χ1v) is 11.2. The lowest BCUT2D eigenvalue weighted by Crippen LogP contribution is -2.23. The monoisotopic (exact) mass is 402 g/mol. The van der Waals surface area contributed by atoms with Crippen LogP contribution in [0.4, 0.5) is 0 Å². The predicted molar refractivity (Wildman–Crippen MR) is 135 cm³/mol. The summed E-state index contributed by atoms with van der Waals surface area (Å²) in [6.45, 7) is 7.85. The predicted octanol–water partition coefficient (Wildman–Crippen LogP) is 6.36. The van der Waals surface area contributed by atoms with Crippen molar-refractivity contribution in [3.63, 3.8) is 0 Å². The Morgan fingerprint density at radius 1 is 0.935 bits per heavy atom. The SMILES string of the molecule is C=C[CH]/C=C\C1=CCCCC=C1/C=C\C(C=C)=c1/ccc2c(c1)CCC1=CC=C[CH]C=21. The van der Waals surface area contributed by atoms with Crippen LogP contribution in [0.25, 0.3) is 11.1 Å². The first-order chi connectivity index (χ1) is 15.3. The molecule has 0 aromatic heterocycles. The van der Waals surface area contributed by atoms with E-state index in [9.17, 15) is 0 Å². The molecule has 0 bridgehead atoms. The van der Waals surface area contributed by atoms with Gasteiger partial charge in [-0.25, -0.2) is 0 Å². The summed E-state index contributed by atoms with van der Waals surface area (Å²) in [5.74, 6) is 0. The molecule has 0 unspecified atom stereocenters. The minimum absolute atomic E-state index is 1.09. The Kier molecular flexibility index (Phi) is 6.99. The van der Waals surface area contributed by atoms with Crippen molar-refractivity contribution < 1.29 is 0 Å². The van der Waals surface area contributed by atoms with E-state index in [-0.39, 0.29) is 0 Å². The molecule has 0 N–H and O–H groups in total. The first kappa shape index (κ1) is 21.1. The summed E-state index contributed by atoms with van der Waals surface area (Å²) in [6, 6.07) is 6.87. The Bertz CT molecular complexity index is 1170. The maximum atomic E-state index is 4.09. The fourth-order valence-corrected chi connectivity index (χ4v) is 4.41. The van der Waals surface area contributed by atoms with Crippen molar-refractivity contribution in [1.82, 2.24) is 0 Å². The highest BCUT2D eigenvalue weighted by atomic mass is 14.2. The molecule has 0 aliphatic heterocycles. The van der Waals surface area contributed by atoms with Gasteiger partial charge in [-0.1, -0.05) is 91.6 Å². The maximum absolute atomic E-state index is 4.09. The second-order valence-corrected chi connectivity index (χ2v) is 8.06. The van der Waals surface area contributed by atoms with E-state index in [1.807, 2.05) is 18.6 Å². The Balaban J connectivity index is 1.69. The van der Waals surface area contributed by atoms with Gasteiger partial charge in [0.2, 0.25) is 0 Å². The molecular formula is C31H30. The van der Waals surface area contributed by atoms with Crippen LogP contribution in [-0.4, -0.2) is 0 Å². The lowest BCUT2D eigenvalue weighted by molar-refractivity contribution is 0.874. The fraction of sp³-hybridized carbons (Fsp3) is 0.161. The van der Waals surface area contributed by atoms with Crippen LogP contribution in [0.2, 0.25) is 0 Å². The minimum Gasteiger partial charge on any atom is -0.102 e. The molecular weight excluding hydrogens is 372 g/mol. The maximum Gasteiger partial charge on any atom is 0.0134 e. The van der Waals surface area contributed by atoms with Crippen molar-refractivity contribution in [2.75, 3.05) is 0 Å². The average molecular weight is 403 g/mol. The van der Waals surface area contributed by atoms with Gasteiger partial charge in [0.25, 0.3) is 0 Å². The molecule has 0 fully saturated rings. The molecule has 0 saturated heterocycles. The Hall–Kier alpha value is -3.12. The van der Waals surface area contributed by atoms with Crippen LogP contribution in [-0.2, 0) is 6.42 Å². The van der Waals surface area contributed by atoms with E-state index in [0.29, 0.717) is 0 Å². The van der Waals surface area contributed by atoms with Crippen LogP contribution in [0, 0.1) is 12.8 Å². The third-order valence-electron chi connectivity index (χ3n) is 6.07. The van der Waals surface area contributed by atoms with Gasteiger partial charge in [0.05, 0.1) is 0 Å². The zero-order chi connectivity index (χ0) is 21.5. The highest BCUT2D eigenvalue weighted by Gasteiger charge is 2.15. The van der Waals surface area contributed by atoms with Crippen molar-refractivity contribution >= 4 is 11.1 Å². The van der Waals surface area contributed by atoms with Gasteiger partial charge in [-0.15, -0.1) is 6.58 Å². The second-order valence-electron chi connectivity index (χ2n) is 8.06. The third-order valence-corrected chi connectivity index (χ3v) is 6.07. The summed E-state index contributed by atoms with van der Waals surface area (Å²) in [4.78, 5) is 0. The van der Waals surface area contributed by atoms with Gasteiger partial charge in [0.15, 0.2) is 0 Å². The van der Waals surface area contributed by atoms with Crippen molar-refractivity contribution in [2.45, 2.75) is 32.1 Å². The number of aryl methyl sites for hydroxylation is 1. The Morgan fingerprint density at radius 3 is 2.58 bits per heavy atom. The standard InChI is InChI=1S/C31H30/c1-3-5-7-12-25-13-8-6-9-14-26(25)18-17-24(4-2)28-21-22-31-29(23-28)20-19-27-15-10-11-16-30(27)31/h3-5,7,10-18,21-23H,1-2,6,8-9,19-20H2/b12-7-,18-17-,28-24+. The average Bonchev–Trinajstić information content (AvgIpc) is 3.04. The van der Waals surface area contributed by atoms with E-state index in [0.717, 1.165) is 31.3 Å². The van der Waals surface area contributed by atoms with Crippen molar-refractivity contribution in [3.8, 4) is 0 Å². The number of fused-ring (bicyclic) bond motifs is 2. The molecule has 0 amide bonds. The smallest absolute Gasteiger partial charge is 0.0134 e. The number of hydrogen-bond donors (Lipinski definition) is 0. The third kappa shape index (κ3) is 4.97. The normalized spacial score (nSPS) is 19.2. The lowest BCUT2D eigenvalue weighted by atomic mass is 9.84. The van der Waals surface area contributed by atoms with Gasteiger partial charge < -0.3 is 0 Å². The molecule has 154 valence electrons. The molecule has 0 spiro atoms. The molecule has 0 nitrogen and oxygen atoms in total. The molecule has 31 heavy (non-hydrogen) atoms. The number of rotatable bonds is 6. The van der Waals surface area contributed by atoms with Gasteiger partial charge in [0, 0.05) is 12.8 Å². The molecule has 1 aromatic rings. The van der Waals surface area contributed by atoms with Crippen LogP contribution in [0.15, 0.2) is 115 Å². The lowest BCUT2D eigenvalue weighted by Gasteiger charge is -2.20. The molecule has 4 rings (SSSR count). The number of hydrogen-bond acceptors (Lipinski definition) is 0. The Labute approximate surface area is 187 Å². The van der Waals surface area contributed by atoms with Gasteiger partial charge in [-0.2, -0.15) is 0 Å². The Morgan fingerprint density at radius 2 is 1.77 bits per heavy atom. The van der Waals surface area contributed by atoms with Crippen LogP contribution >= 0.6 is 0 Å². The summed E-state index contributed by atoms with van der Waals surface area (Å²) >= 11 is 0. The van der Waals surface area contributed by atoms with Crippen LogP contribution in [0.1, 0.15) is 31.2 Å². The molecule has 3 aliphatic rings. The van der Waals surface area contributed by atoms with E-state index in [1.165, 1.54) is 44.7 Å². The minimum atomic E-state index is 1.09. The fourth-order valence-electron chi connectivity index (χ4n) is 4.41. The zero-order valence-electron chi connectivity index (χ0n) is 18.2. The van der Waals surface area contributed by atoms with Crippen LogP contribution in [0.5, 0.6) is 0 Å². The molecule has 0 heterocycles. The van der Waals surface area contributed by atoms with Crippen molar-refractivity contribution in [1.29, 1.82) is 0 Å². The van der Waals surface area contributed by atoms with Crippen LogP contribution in [0.3, 0.4) is 0 Å². The van der Waals surface area contributed by atoms with Crippen LogP contribution < -0.4 is 10.4 Å². The van der Waals surface area contributed by atoms with E-state index in [4.69, 9.17) is 0 Å². The summed E-state index contributed by atoms with van der Waals surface area (Å²) in [6.07, 6.45) is 33.5. The van der Waals surface area contributed by atoms with E-state index in [2.05, 4.69) is 92.5 Å². The summed E-state index contributed by atoms with van der Waals surface area (Å²) in [5.41, 5.74) is 7.98. The molecule has 1 aromatic carbocycles. The number of allylic oxidation sites excluding steroid dienone is 14. The number of benzene rings is 1.